The molecule has 0 amide bonds. The molecule has 0 spiro atoms. The van der Waals surface area contributed by atoms with E-state index in [1.165, 1.54) is 4.68 Å². The van der Waals surface area contributed by atoms with E-state index in [1.54, 1.807) is 25.1 Å². The predicted molar refractivity (Wildman–Crippen MR) is 55.5 cm³/mol. The van der Waals surface area contributed by atoms with Crippen LogP contribution in [0.2, 0.25) is 0 Å². The molecule has 0 fully saturated rings. The number of aromatic carboxylic acids is 1. The number of hydrogen-bond acceptors (Lipinski definition) is 2. The molecule has 1 N–H and O–H groups in total. The highest BCUT2D eigenvalue weighted by Crippen LogP contribution is 2.17. The lowest BCUT2D eigenvalue weighted by Crippen LogP contribution is -1.99. The maximum absolute atomic E-state index is 10.9. The van der Waals surface area contributed by atoms with Gasteiger partial charge in [-0.2, -0.15) is 9.78 Å². The van der Waals surface area contributed by atoms with Gasteiger partial charge in [-0.05, 0) is 13.0 Å². The molecule has 0 bridgehead atoms. The molecule has 4 nitrogen and oxygen atoms in total. The van der Waals surface area contributed by atoms with Crippen molar-refractivity contribution in [3.8, 4) is 12.0 Å². The molecular weight excluding hydrogens is 192 g/mol. The molecule has 2 rings (SSSR count). The number of fused-ring (bicyclic) bond motifs is 1. The summed E-state index contributed by atoms with van der Waals surface area (Å²) in [7, 11) is 0. The average molecular weight is 200 g/mol. The van der Waals surface area contributed by atoms with Crippen LogP contribution in [0, 0.1) is 12.0 Å². The minimum absolute atomic E-state index is 0.0355. The summed E-state index contributed by atoms with van der Waals surface area (Å²) in [6, 6.07) is 9.83. The second kappa shape index (κ2) is 3.46. The first-order chi connectivity index (χ1) is 7.24. The summed E-state index contributed by atoms with van der Waals surface area (Å²) in [6.45, 7) is 1.68. The van der Waals surface area contributed by atoms with E-state index in [2.05, 4.69) is 17.1 Å². The first-order valence-corrected chi connectivity index (χ1v) is 4.38. The minimum atomic E-state index is -1.04. The highest BCUT2D eigenvalue weighted by atomic mass is 16.4. The van der Waals surface area contributed by atoms with Crippen LogP contribution in [-0.4, -0.2) is 20.9 Å². The van der Waals surface area contributed by atoms with E-state index in [0.29, 0.717) is 10.9 Å². The number of rotatable bonds is 1. The largest absolute Gasteiger partial charge is 0.476 e. The molecule has 0 unspecified atom stereocenters. The zero-order valence-electron chi connectivity index (χ0n) is 8.06. The Balaban J connectivity index is 2.83. The van der Waals surface area contributed by atoms with Crippen molar-refractivity contribution in [2.24, 2.45) is 0 Å². The van der Waals surface area contributed by atoms with Gasteiger partial charge in [0.2, 0.25) is 0 Å². The number of benzene rings is 1. The van der Waals surface area contributed by atoms with E-state index in [1.807, 2.05) is 6.07 Å². The van der Waals surface area contributed by atoms with Crippen molar-refractivity contribution in [2.45, 2.75) is 6.92 Å². The van der Waals surface area contributed by atoms with E-state index in [0.717, 1.165) is 0 Å². The molecule has 2 aromatic rings. The van der Waals surface area contributed by atoms with Gasteiger partial charge in [0.25, 0.3) is 0 Å². The number of nitrogens with zero attached hydrogens (tertiary/aromatic N) is 2. The van der Waals surface area contributed by atoms with Crippen molar-refractivity contribution in [1.29, 1.82) is 0 Å². The Morgan fingerprint density at radius 1 is 1.47 bits per heavy atom. The summed E-state index contributed by atoms with van der Waals surface area (Å²) >= 11 is 0. The Kier molecular flexibility index (Phi) is 2.14. The Hall–Kier alpha value is -2.28. The van der Waals surface area contributed by atoms with Gasteiger partial charge < -0.3 is 5.11 Å². The number of carboxylic acid groups (broad SMARTS) is 1. The molecule has 1 heterocycles. The van der Waals surface area contributed by atoms with Gasteiger partial charge in [0.15, 0.2) is 5.69 Å². The molecule has 0 atom stereocenters. The number of hydrogen-bond donors (Lipinski definition) is 1. The predicted octanol–water partition coefficient (Wildman–Crippen LogP) is 1.56. The van der Waals surface area contributed by atoms with Gasteiger partial charge in [-0.25, -0.2) is 4.79 Å². The summed E-state index contributed by atoms with van der Waals surface area (Å²) < 4.78 is 1.39. The molecule has 0 saturated heterocycles. The normalized spacial score (nSPS) is 9.67. The summed E-state index contributed by atoms with van der Waals surface area (Å²) in [6.07, 6.45) is 0. The van der Waals surface area contributed by atoms with E-state index in [-0.39, 0.29) is 5.69 Å². The summed E-state index contributed by atoms with van der Waals surface area (Å²) in [5.41, 5.74) is 0.748. The summed E-state index contributed by atoms with van der Waals surface area (Å²) in [5, 5.41) is 13.5. The molecular formula is C11H8N2O2. The zero-order chi connectivity index (χ0) is 10.8. The van der Waals surface area contributed by atoms with Crippen molar-refractivity contribution in [1.82, 2.24) is 9.78 Å². The number of aromatic nitrogens is 2. The number of carboxylic acids is 1. The third kappa shape index (κ3) is 1.44. The Bertz CT molecular complexity index is 587. The van der Waals surface area contributed by atoms with Crippen LogP contribution in [0.3, 0.4) is 0 Å². The van der Waals surface area contributed by atoms with Gasteiger partial charge in [-0.1, -0.05) is 24.1 Å². The second-order valence-electron chi connectivity index (χ2n) is 2.94. The summed E-state index contributed by atoms with van der Waals surface area (Å²) in [4.78, 5) is 10.9. The van der Waals surface area contributed by atoms with Crippen LogP contribution in [0.4, 0.5) is 0 Å². The topological polar surface area (TPSA) is 55.1 Å². The fraction of sp³-hybridized carbons (Fsp3) is 0.0909. The fourth-order valence-corrected chi connectivity index (χ4v) is 1.42. The van der Waals surface area contributed by atoms with Crippen LogP contribution in [0.1, 0.15) is 17.4 Å². The molecule has 0 saturated carbocycles. The first kappa shape index (κ1) is 9.28. The number of carbonyl (C=O) groups is 1. The zero-order valence-corrected chi connectivity index (χ0v) is 8.06. The van der Waals surface area contributed by atoms with E-state index < -0.39 is 5.97 Å². The van der Waals surface area contributed by atoms with E-state index in [9.17, 15) is 4.79 Å². The average Bonchev–Trinajstić information content (AvgIpc) is 2.59. The van der Waals surface area contributed by atoms with Crippen molar-refractivity contribution in [3.63, 3.8) is 0 Å². The van der Waals surface area contributed by atoms with Crippen molar-refractivity contribution < 1.29 is 9.90 Å². The molecule has 0 radical (unpaired) electrons. The van der Waals surface area contributed by atoms with Gasteiger partial charge in [-0.15, -0.1) is 0 Å². The number of para-hydroxylation sites is 1. The molecule has 74 valence electrons. The highest BCUT2D eigenvalue weighted by Gasteiger charge is 2.14. The lowest BCUT2D eigenvalue weighted by molar-refractivity contribution is 0.0692. The van der Waals surface area contributed by atoms with Crippen molar-refractivity contribution in [3.05, 3.63) is 30.0 Å². The van der Waals surface area contributed by atoms with Crippen LogP contribution in [0.25, 0.3) is 10.9 Å². The van der Waals surface area contributed by atoms with Crippen LogP contribution >= 0.6 is 0 Å². The molecule has 4 heteroatoms. The van der Waals surface area contributed by atoms with Crippen LogP contribution in [-0.2, 0) is 0 Å². The third-order valence-electron chi connectivity index (χ3n) is 2.01. The Morgan fingerprint density at radius 3 is 2.87 bits per heavy atom. The minimum Gasteiger partial charge on any atom is -0.476 e. The Labute approximate surface area is 86.1 Å². The first-order valence-electron chi connectivity index (χ1n) is 4.38. The fourth-order valence-electron chi connectivity index (χ4n) is 1.42. The summed E-state index contributed by atoms with van der Waals surface area (Å²) in [5.74, 6) is 1.65. The SMILES string of the molecule is CC#Cn1nc(C(=O)O)c2ccccc21. The van der Waals surface area contributed by atoms with Crippen LogP contribution in [0.15, 0.2) is 24.3 Å². The molecule has 15 heavy (non-hydrogen) atoms. The monoisotopic (exact) mass is 200 g/mol. The van der Waals surface area contributed by atoms with E-state index in [4.69, 9.17) is 5.11 Å². The molecule has 0 aliphatic heterocycles. The lowest BCUT2D eigenvalue weighted by atomic mass is 10.2. The molecule has 0 aliphatic rings. The standard InChI is InChI=1S/C11H8N2O2/c1-2-7-13-9-6-4-3-5-8(9)10(12-13)11(14)15/h3-6H,1H3,(H,14,15). The van der Waals surface area contributed by atoms with Gasteiger partial charge in [-0.3, -0.25) is 0 Å². The van der Waals surface area contributed by atoms with Gasteiger partial charge in [0, 0.05) is 11.4 Å². The van der Waals surface area contributed by atoms with Crippen LogP contribution in [0.5, 0.6) is 0 Å². The van der Waals surface area contributed by atoms with Gasteiger partial charge in [0.1, 0.15) is 0 Å². The molecule has 0 aliphatic carbocycles. The van der Waals surface area contributed by atoms with Gasteiger partial charge >= 0.3 is 5.97 Å². The van der Waals surface area contributed by atoms with Crippen molar-refractivity contribution in [2.75, 3.05) is 0 Å². The smallest absolute Gasteiger partial charge is 0.357 e. The lowest BCUT2D eigenvalue weighted by Gasteiger charge is -1.89. The Morgan fingerprint density at radius 2 is 2.20 bits per heavy atom. The van der Waals surface area contributed by atoms with E-state index >= 15 is 0 Å². The maximum atomic E-state index is 10.9. The van der Waals surface area contributed by atoms with Gasteiger partial charge in [0.05, 0.1) is 5.52 Å². The second-order valence-corrected chi connectivity index (χ2v) is 2.94. The highest BCUT2D eigenvalue weighted by molar-refractivity contribution is 6.01. The maximum Gasteiger partial charge on any atom is 0.357 e. The van der Waals surface area contributed by atoms with Crippen molar-refractivity contribution >= 4 is 16.9 Å². The quantitative estimate of drug-likeness (QED) is 0.711. The molecule has 1 aromatic heterocycles. The molecule has 1 aromatic carbocycles. The van der Waals surface area contributed by atoms with Crippen LogP contribution < -0.4 is 0 Å². The third-order valence-corrected chi connectivity index (χ3v) is 2.01.